The molecule has 0 spiro atoms. The number of halogens is 1. The zero-order valence-electron chi connectivity index (χ0n) is 6.82. The summed E-state index contributed by atoms with van der Waals surface area (Å²) < 4.78 is 27.0. The highest BCUT2D eigenvalue weighted by Crippen LogP contribution is 2.36. The SMILES string of the molecule is O=C1CCOc2cc(S(=O)(=O)Cl)sc21. The third kappa shape index (κ3) is 1.65. The Morgan fingerprint density at radius 2 is 2.21 bits per heavy atom. The van der Waals surface area contributed by atoms with Gasteiger partial charge in [0.15, 0.2) is 5.78 Å². The van der Waals surface area contributed by atoms with Crippen molar-refractivity contribution in [2.24, 2.45) is 0 Å². The van der Waals surface area contributed by atoms with Crippen LogP contribution in [-0.2, 0) is 9.05 Å². The summed E-state index contributed by atoms with van der Waals surface area (Å²) in [5, 5.41) is 0. The monoisotopic (exact) mass is 252 g/mol. The summed E-state index contributed by atoms with van der Waals surface area (Å²) in [7, 11) is 1.38. The van der Waals surface area contributed by atoms with E-state index in [9.17, 15) is 13.2 Å². The molecule has 0 bridgehead atoms. The van der Waals surface area contributed by atoms with Crippen molar-refractivity contribution in [3.05, 3.63) is 10.9 Å². The number of carbonyl (C=O) groups excluding carboxylic acids is 1. The Kier molecular flexibility index (Phi) is 2.29. The Balaban J connectivity index is 2.56. The van der Waals surface area contributed by atoms with E-state index in [1.165, 1.54) is 6.07 Å². The highest BCUT2D eigenvalue weighted by atomic mass is 35.7. The van der Waals surface area contributed by atoms with Gasteiger partial charge in [0.25, 0.3) is 9.05 Å². The van der Waals surface area contributed by atoms with Crippen molar-refractivity contribution >= 4 is 36.9 Å². The lowest BCUT2D eigenvalue weighted by molar-refractivity contribution is 0.0939. The van der Waals surface area contributed by atoms with Crippen LogP contribution in [0.5, 0.6) is 5.75 Å². The maximum atomic E-state index is 11.3. The molecule has 0 atom stereocenters. The molecule has 1 aromatic rings. The molecular formula is C7H5ClO4S2. The normalized spacial score (nSPS) is 16.2. The number of Topliss-reactive ketones (excluding diaryl/α,β-unsaturated/α-hetero) is 1. The van der Waals surface area contributed by atoms with Crippen molar-refractivity contribution in [2.75, 3.05) is 6.61 Å². The topological polar surface area (TPSA) is 60.4 Å². The van der Waals surface area contributed by atoms with Crippen LogP contribution in [-0.4, -0.2) is 20.8 Å². The molecule has 0 aromatic carbocycles. The predicted molar refractivity (Wildman–Crippen MR) is 51.8 cm³/mol. The van der Waals surface area contributed by atoms with Crippen LogP contribution >= 0.6 is 22.0 Å². The fourth-order valence-corrected chi connectivity index (χ4v) is 3.26. The molecule has 76 valence electrons. The smallest absolute Gasteiger partial charge is 0.270 e. The third-order valence-corrected chi connectivity index (χ3v) is 4.99. The second kappa shape index (κ2) is 3.22. The Morgan fingerprint density at radius 1 is 1.50 bits per heavy atom. The number of hydrogen-bond donors (Lipinski definition) is 0. The Hall–Kier alpha value is -0.590. The average Bonchev–Trinajstić information content (AvgIpc) is 2.48. The number of rotatable bonds is 1. The minimum atomic E-state index is -3.76. The lowest BCUT2D eigenvalue weighted by Crippen LogP contribution is -2.12. The van der Waals surface area contributed by atoms with E-state index < -0.39 is 9.05 Å². The molecule has 0 amide bonds. The lowest BCUT2D eigenvalue weighted by atomic mass is 10.2. The van der Waals surface area contributed by atoms with E-state index in [0.29, 0.717) is 17.2 Å². The first-order chi connectivity index (χ1) is 6.48. The Labute approximate surface area is 88.9 Å². The van der Waals surface area contributed by atoms with Crippen LogP contribution in [0.2, 0.25) is 0 Å². The van der Waals surface area contributed by atoms with Crippen molar-refractivity contribution in [3.63, 3.8) is 0 Å². The summed E-state index contributed by atoms with van der Waals surface area (Å²) >= 11 is 0.856. The van der Waals surface area contributed by atoms with Gasteiger partial charge in [0.05, 0.1) is 6.61 Å². The second-order valence-electron chi connectivity index (χ2n) is 2.72. The van der Waals surface area contributed by atoms with Gasteiger partial charge in [-0.15, -0.1) is 11.3 Å². The van der Waals surface area contributed by atoms with Gasteiger partial charge in [-0.25, -0.2) is 8.42 Å². The van der Waals surface area contributed by atoms with E-state index in [1.807, 2.05) is 0 Å². The maximum absolute atomic E-state index is 11.3. The van der Waals surface area contributed by atoms with Gasteiger partial charge in [-0.05, 0) is 0 Å². The molecule has 2 rings (SSSR count). The number of carbonyl (C=O) groups is 1. The molecule has 1 aliphatic rings. The first-order valence-electron chi connectivity index (χ1n) is 3.73. The van der Waals surface area contributed by atoms with Gasteiger partial charge in [0, 0.05) is 23.2 Å². The molecule has 0 unspecified atom stereocenters. The lowest BCUT2D eigenvalue weighted by Gasteiger charge is -2.10. The number of ketones is 1. The predicted octanol–water partition coefficient (Wildman–Crippen LogP) is 1.64. The maximum Gasteiger partial charge on any atom is 0.270 e. The number of hydrogen-bond acceptors (Lipinski definition) is 5. The Bertz CT molecular complexity index is 488. The molecule has 4 nitrogen and oxygen atoms in total. The van der Waals surface area contributed by atoms with E-state index in [2.05, 4.69) is 0 Å². The van der Waals surface area contributed by atoms with Gasteiger partial charge in [0.1, 0.15) is 14.8 Å². The fourth-order valence-electron chi connectivity index (χ4n) is 1.14. The van der Waals surface area contributed by atoms with Gasteiger partial charge in [0.2, 0.25) is 0 Å². The van der Waals surface area contributed by atoms with Gasteiger partial charge in [-0.2, -0.15) is 0 Å². The van der Waals surface area contributed by atoms with E-state index in [1.54, 1.807) is 0 Å². The molecule has 1 aliphatic heterocycles. The largest absolute Gasteiger partial charge is 0.491 e. The van der Waals surface area contributed by atoms with E-state index in [4.69, 9.17) is 15.4 Å². The zero-order valence-corrected chi connectivity index (χ0v) is 9.21. The number of fused-ring (bicyclic) bond motifs is 1. The molecule has 1 aromatic heterocycles. The molecule has 14 heavy (non-hydrogen) atoms. The average molecular weight is 253 g/mol. The van der Waals surface area contributed by atoms with E-state index in [-0.39, 0.29) is 16.4 Å². The van der Waals surface area contributed by atoms with E-state index in [0.717, 1.165) is 11.3 Å². The van der Waals surface area contributed by atoms with Crippen molar-refractivity contribution in [3.8, 4) is 5.75 Å². The van der Waals surface area contributed by atoms with Crippen LogP contribution < -0.4 is 4.74 Å². The molecular weight excluding hydrogens is 248 g/mol. The highest BCUT2D eigenvalue weighted by Gasteiger charge is 2.25. The van der Waals surface area contributed by atoms with Gasteiger partial charge in [-0.3, -0.25) is 4.79 Å². The molecule has 7 heteroatoms. The number of thiophene rings is 1. The first kappa shape index (κ1) is 9.95. The minimum Gasteiger partial charge on any atom is -0.491 e. The second-order valence-corrected chi connectivity index (χ2v) is 6.56. The van der Waals surface area contributed by atoms with Gasteiger partial charge < -0.3 is 4.74 Å². The highest BCUT2D eigenvalue weighted by molar-refractivity contribution is 8.15. The van der Waals surface area contributed by atoms with Crippen molar-refractivity contribution in [1.29, 1.82) is 0 Å². The molecule has 0 radical (unpaired) electrons. The van der Waals surface area contributed by atoms with Crippen molar-refractivity contribution in [2.45, 2.75) is 10.6 Å². The summed E-state index contributed by atoms with van der Waals surface area (Å²) in [6.07, 6.45) is 0.287. The standard InChI is InChI=1S/C7H5ClO4S2/c8-14(10,11)6-3-5-7(13-6)4(9)1-2-12-5/h3H,1-2H2. The minimum absolute atomic E-state index is 0.0422. The summed E-state index contributed by atoms with van der Waals surface area (Å²) in [6, 6.07) is 1.29. The van der Waals surface area contributed by atoms with Gasteiger partial charge >= 0.3 is 0 Å². The summed E-state index contributed by atoms with van der Waals surface area (Å²) in [5.74, 6) is 0.230. The molecule has 0 saturated heterocycles. The molecule has 0 saturated carbocycles. The summed E-state index contributed by atoms with van der Waals surface area (Å²) in [4.78, 5) is 11.7. The third-order valence-electron chi connectivity index (χ3n) is 1.76. The molecule has 0 aliphatic carbocycles. The number of ether oxygens (including phenoxy) is 1. The van der Waals surface area contributed by atoms with Crippen LogP contribution in [0, 0.1) is 0 Å². The quantitative estimate of drug-likeness (QED) is 0.713. The fraction of sp³-hybridized carbons (Fsp3) is 0.286. The van der Waals surface area contributed by atoms with Crippen molar-refractivity contribution in [1.82, 2.24) is 0 Å². The summed E-state index contributed by atoms with van der Waals surface area (Å²) in [6.45, 7) is 0.296. The molecule has 0 N–H and O–H groups in total. The van der Waals surface area contributed by atoms with Crippen LogP contribution in [0.15, 0.2) is 10.3 Å². The van der Waals surface area contributed by atoms with E-state index >= 15 is 0 Å². The van der Waals surface area contributed by atoms with Crippen LogP contribution in [0.25, 0.3) is 0 Å². The van der Waals surface area contributed by atoms with Crippen LogP contribution in [0.1, 0.15) is 16.1 Å². The first-order valence-corrected chi connectivity index (χ1v) is 6.85. The van der Waals surface area contributed by atoms with Gasteiger partial charge in [-0.1, -0.05) is 0 Å². The van der Waals surface area contributed by atoms with Crippen LogP contribution in [0.3, 0.4) is 0 Å². The zero-order chi connectivity index (χ0) is 10.3. The molecule has 0 fully saturated rings. The molecule has 2 heterocycles. The van der Waals surface area contributed by atoms with Crippen LogP contribution in [0.4, 0.5) is 0 Å². The summed E-state index contributed by atoms with van der Waals surface area (Å²) in [5.41, 5.74) is 0. The van der Waals surface area contributed by atoms with Crippen molar-refractivity contribution < 1.29 is 17.9 Å². The Morgan fingerprint density at radius 3 is 2.79 bits per heavy atom.